The molecule has 3 heterocycles. The van der Waals surface area contributed by atoms with Gasteiger partial charge < -0.3 is 4.42 Å². The number of hydrogen-bond acceptors (Lipinski definition) is 2. The third-order valence-electron chi connectivity index (χ3n) is 10.5. The van der Waals surface area contributed by atoms with E-state index in [1.807, 2.05) is 0 Å². The summed E-state index contributed by atoms with van der Waals surface area (Å²) < 4.78 is 11.8. The molecule has 0 atom stereocenters. The maximum Gasteiger partial charge on any atom is 0.299 e. The summed E-state index contributed by atoms with van der Waals surface area (Å²) in [6.07, 6.45) is 0. The second-order valence-electron chi connectivity index (χ2n) is 14.3. The Labute approximate surface area is 292 Å². The predicted molar refractivity (Wildman–Crippen MR) is 208 cm³/mol. The lowest BCUT2D eigenvalue weighted by atomic mass is 9.88. The monoisotopic (exact) mass is 650 g/mol. The average molecular weight is 651 g/mol. The highest BCUT2D eigenvalue weighted by molar-refractivity contribution is 6.11. The molecular formula is C46H40N3O+. The number of benzene rings is 6. The summed E-state index contributed by atoms with van der Waals surface area (Å²) in [6.45, 7) is 11.5. The van der Waals surface area contributed by atoms with E-state index < -0.39 is 0 Å². The summed E-state index contributed by atoms with van der Waals surface area (Å²) in [5.74, 6) is 1.68. The third kappa shape index (κ3) is 4.59. The molecule has 0 saturated heterocycles. The molecule has 0 amide bonds. The first-order valence-corrected chi connectivity index (χ1v) is 17.7. The summed E-state index contributed by atoms with van der Waals surface area (Å²) >= 11 is 0. The largest absolute Gasteiger partial charge is 0.453 e. The van der Waals surface area contributed by atoms with Crippen molar-refractivity contribution in [3.8, 4) is 28.2 Å². The van der Waals surface area contributed by atoms with E-state index in [2.05, 4.69) is 172 Å². The van der Waals surface area contributed by atoms with Gasteiger partial charge in [-0.15, -0.1) is 0 Å². The topological polar surface area (TPSA) is 34.8 Å². The maximum atomic E-state index is 6.92. The van der Waals surface area contributed by atoms with Crippen LogP contribution in [0.1, 0.15) is 56.2 Å². The quantitative estimate of drug-likeness (QED) is 0.137. The molecule has 4 nitrogen and oxygen atoms in total. The SMILES string of the molecule is Cc1ccc2c(oc3cc4cc5ccccc5cc4nc32)c1-c1n(-c2c(C(C)C)cc(-c3ccccc3)cc2C(C)C)c2ccccc2[n+]1C. The highest BCUT2D eigenvalue weighted by Gasteiger charge is 2.34. The Balaban J connectivity index is 1.39. The number of hydrogen-bond donors (Lipinski definition) is 0. The van der Waals surface area contributed by atoms with E-state index in [4.69, 9.17) is 9.40 Å². The fourth-order valence-corrected chi connectivity index (χ4v) is 7.91. The van der Waals surface area contributed by atoms with Crippen molar-refractivity contribution in [2.75, 3.05) is 0 Å². The lowest BCUT2D eigenvalue weighted by Gasteiger charge is -2.21. The van der Waals surface area contributed by atoms with Gasteiger partial charge in [-0.1, -0.05) is 100 Å². The Hall–Kier alpha value is -5.74. The Morgan fingerprint density at radius 2 is 1.32 bits per heavy atom. The molecule has 0 saturated carbocycles. The number of imidazole rings is 1. The summed E-state index contributed by atoms with van der Waals surface area (Å²) in [5, 5.41) is 4.49. The summed E-state index contributed by atoms with van der Waals surface area (Å²) in [7, 11) is 2.19. The molecule has 0 fully saturated rings. The van der Waals surface area contributed by atoms with Crippen LogP contribution in [0, 0.1) is 6.92 Å². The van der Waals surface area contributed by atoms with E-state index in [1.165, 1.54) is 49.7 Å². The molecule has 0 unspecified atom stereocenters. The van der Waals surface area contributed by atoms with Crippen LogP contribution < -0.4 is 4.57 Å². The maximum absolute atomic E-state index is 6.92. The van der Waals surface area contributed by atoms with Gasteiger partial charge in [0.15, 0.2) is 22.2 Å². The van der Waals surface area contributed by atoms with Crippen molar-refractivity contribution in [1.29, 1.82) is 0 Å². The van der Waals surface area contributed by atoms with Crippen LogP contribution in [0.5, 0.6) is 0 Å². The van der Waals surface area contributed by atoms with E-state index in [0.717, 1.165) is 49.9 Å². The molecule has 0 bridgehead atoms. The van der Waals surface area contributed by atoms with Crippen LogP contribution in [-0.4, -0.2) is 9.55 Å². The van der Waals surface area contributed by atoms with Crippen LogP contribution in [0.4, 0.5) is 0 Å². The van der Waals surface area contributed by atoms with E-state index in [0.29, 0.717) is 11.8 Å². The highest BCUT2D eigenvalue weighted by atomic mass is 16.3. The van der Waals surface area contributed by atoms with Crippen LogP contribution in [-0.2, 0) is 7.05 Å². The summed E-state index contributed by atoms with van der Waals surface area (Å²) in [4.78, 5) is 5.23. The molecule has 0 aliphatic carbocycles. The minimum absolute atomic E-state index is 0.292. The van der Waals surface area contributed by atoms with Gasteiger partial charge >= 0.3 is 0 Å². The smallest absolute Gasteiger partial charge is 0.299 e. The standard InChI is InChI=1S/C46H40N3O/c1-27(2)36-23-33(30-14-8-7-9-15-30)24-37(28(3)4)44(36)49-40-19-13-12-18-39(40)48(6)46(49)42-29(5)20-21-35-43-41(50-45(35)42)26-34-22-31-16-10-11-17-32(31)25-38(34)47-43/h7-28H,1-6H3/q+1. The average Bonchev–Trinajstić information content (AvgIpc) is 3.63. The van der Waals surface area contributed by atoms with E-state index in [9.17, 15) is 0 Å². The second-order valence-corrected chi connectivity index (χ2v) is 14.3. The van der Waals surface area contributed by atoms with E-state index >= 15 is 0 Å². The summed E-state index contributed by atoms with van der Waals surface area (Å²) in [6, 6.07) is 43.8. The Bertz CT molecular complexity index is 2750. The van der Waals surface area contributed by atoms with Crippen LogP contribution >= 0.6 is 0 Å². The first-order chi connectivity index (χ1) is 24.3. The third-order valence-corrected chi connectivity index (χ3v) is 10.5. The lowest BCUT2D eigenvalue weighted by molar-refractivity contribution is -0.633. The van der Waals surface area contributed by atoms with Crippen molar-refractivity contribution in [3.63, 3.8) is 0 Å². The Kier molecular flexibility index (Phi) is 6.93. The number of para-hydroxylation sites is 2. The van der Waals surface area contributed by atoms with Crippen LogP contribution in [0.25, 0.3) is 83.0 Å². The Morgan fingerprint density at radius 1 is 0.660 bits per heavy atom. The van der Waals surface area contributed by atoms with E-state index in [1.54, 1.807) is 0 Å². The van der Waals surface area contributed by atoms with Crippen molar-refractivity contribution < 1.29 is 8.98 Å². The molecular weight excluding hydrogens is 611 g/mol. The first kappa shape index (κ1) is 30.3. The zero-order chi connectivity index (χ0) is 34.3. The molecule has 0 aliphatic rings. The van der Waals surface area contributed by atoms with Gasteiger partial charge in [0.1, 0.15) is 16.8 Å². The zero-order valence-corrected chi connectivity index (χ0v) is 29.5. The molecule has 0 spiro atoms. The van der Waals surface area contributed by atoms with Crippen molar-refractivity contribution in [2.45, 2.75) is 46.5 Å². The molecule has 0 radical (unpaired) electrons. The molecule has 4 heteroatoms. The van der Waals surface area contributed by atoms with Crippen LogP contribution in [0.2, 0.25) is 0 Å². The van der Waals surface area contributed by atoms with Crippen LogP contribution in [0.3, 0.4) is 0 Å². The Morgan fingerprint density at radius 3 is 2.04 bits per heavy atom. The normalized spacial score (nSPS) is 12.2. The van der Waals surface area contributed by atoms with Gasteiger partial charge in [0.2, 0.25) is 0 Å². The lowest BCUT2D eigenvalue weighted by Crippen LogP contribution is -2.30. The van der Waals surface area contributed by atoms with E-state index in [-0.39, 0.29) is 0 Å². The highest BCUT2D eigenvalue weighted by Crippen LogP contribution is 2.43. The number of aryl methyl sites for hydroxylation is 2. The molecule has 0 N–H and O–H groups in total. The summed E-state index contributed by atoms with van der Waals surface area (Å²) in [5.41, 5.74) is 14.5. The molecule has 244 valence electrons. The van der Waals surface area contributed by atoms with Gasteiger partial charge in [0.05, 0.1) is 12.6 Å². The fourth-order valence-electron chi connectivity index (χ4n) is 7.91. The number of nitrogens with zero attached hydrogens (tertiary/aromatic N) is 3. The zero-order valence-electron chi connectivity index (χ0n) is 29.5. The van der Waals surface area contributed by atoms with Crippen molar-refractivity contribution in [1.82, 2.24) is 9.55 Å². The van der Waals surface area contributed by atoms with Gasteiger partial charge in [0, 0.05) is 21.9 Å². The molecule has 0 aliphatic heterocycles. The van der Waals surface area contributed by atoms with Gasteiger partial charge in [-0.3, -0.25) is 0 Å². The number of furan rings is 1. The predicted octanol–water partition coefficient (Wildman–Crippen LogP) is 11.9. The minimum atomic E-state index is 0.292. The van der Waals surface area contributed by atoms with Gasteiger partial charge in [-0.05, 0) is 94.8 Å². The van der Waals surface area contributed by atoms with Gasteiger partial charge in [-0.2, -0.15) is 4.57 Å². The molecule has 9 aromatic rings. The molecule has 3 aromatic heterocycles. The van der Waals surface area contributed by atoms with Crippen molar-refractivity contribution >= 4 is 54.8 Å². The van der Waals surface area contributed by atoms with Gasteiger partial charge in [0.25, 0.3) is 5.82 Å². The molecule has 6 aromatic carbocycles. The second kappa shape index (κ2) is 11.4. The van der Waals surface area contributed by atoms with Gasteiger partial charge in [-0.25, -0.2) is 9.55 Å². The number of aromatic nitrogens is 3. The number of rotatable bonds is 5. The first-order valence-electron chi connectivity index (χ1n) is 17.7. The van der Waals surface area contributed by atoms with Crippen molar-refractivity contribution in [2.24, 2.45) is 7.05 Å². The fraction of sp³-hybridized carbons (Fsp3) is 0.174. The molecule has 9 rings (SSSR count). The number of fused-ring (bicyclic) bond motifs is 6. The van der Waals surface area contributed by atoms with Crippen molar-refractivity contribution in [3.05, 3.63) is 138 Å². The number of pyridine rings is 1. The van der Waals surface area contributed by atoms with Crippen LogP contribution in [0.15, 0.2) is 126 Å². The minimum Gasteiger partial charge on any atom is -0.453 e. The molecule has 50 heavy (non-hydrogen) atoms.